The quantitative estimate of drug-likeness (QED) is 0.788. The van der Waals surface area contributed by atoms with Crippen LogP contribution in [0, 0.1) is 0 Å². The van der Waals surface area contributed by atoms with Crippen molar-refractivity contribution in [1.82, 2.24) is 9.80 Å². The third-order valence-electron chi connectivity index (χ3n) is 3.60. The number of aliphatic hydroxyl groups excluding tert-OH is 1. The van der Waals surface area contributed by atoms with E-state index in [9.17, 15) is 4.79 Å². The standard InChI is InChI=1S/C12H22N2O3/c15-8-2-5-14(11-3-1-4-11)12(16)13-6-9-17-10-7-13/h11,15H,1-10H2. The first-order valence-corrected chi connectivity index (χ1v) is 6.57. The highest BCUT2D eigenvalue weighted by Crippen LogP contribution is 2.26. The number of rotatable bonds is 4. The number of hydrogen-bond acceptors (Lipinski definition) is 3. The fourth-order valence-electron chi connectivity index (χ4n) is 2.31. The van der Waals surface area contributed by atoms with Crippen molar-refractivity contribution >= 4 is 6.03 Å². The lowest BCUT2D eigenvalue weighted by Gasteiger charge is -2.41. The lowest BCUT2D eigenvalue weighted by atomic mass is 9.91. The Kier molecular flexibility index (Phi) is 4.62. The maximum atomic E-state index is 12.4. The summed E-state index contributed by atoms with van der Waals surface area (Å²) in [5.41, 5.74) is 0. The van der Waals surface area contributed by atoms with Crippen LogP contribution < -0.4 is 0 Å². The Morgan fingerprint density at radius 2 is 2.06 bits per heavy atom. The monoisotopic (exact) mass is 242 g/mol. The summed E-state index contributed by atoms with van der Waals surface area (Å²) in [5.74, 6) is 0. The van der Waals surface area contributed by atoms with E-state index in [1.807, 2.05) is 9.80 Å². The zero-order valence-corrected chi connectivity index (χ0v) is 10.3. The Bertz CT molecular complexity index is 250. The Labute approximate surface area is 102 Å². The predicted molar refractivity (Wildman–Crippen MR) is 63.8 cm³/mol. The summed E-state index contributed by atoms with van der Waals surface area (Å²) >= 11 is 0. The van der Waals surface area contributed by atoms with E-state index >= 15 is 0 Å². The number of ether oxygens (including phenoxy) is 1. The van der Waals surface area contributed by atoms with E-state index in [1.54, 1.807) is 0 Å². The van der Waals surface area contributed by atoms with Crippen LogP contribution in [0.15, 0.2) is 0 Å². The zero-order valence-electron chi connectivity index (χ0n) is 10.3. The normalized spacial score (nSPS) is 21.1. The molecule has 0 aromatic heterocycles. The van der Waals surface area contributed by atoms with Crippen LogP contribution in [0.4, 0.5) is 4.79 Å². The third kappa shape index (κ3) is 3.10. The Morgan fingerprint density at radius 3 is 2.59 bits per heavy atom. The van der Waals surface area contributed by atoms with Crippen molar-refractivity contribution in [2.45, 2.75) is 31.7 Å². The van der Waals surface area contributed by atoms with Crippen LogP contribution in [0.25, 0.3) is 0 Å². The number of amides is 2. The fraction of sp³-hybridized carbons (Fsp3) is 0.917. The predicted octanol–water partition coefficient (Wildman–Crippen LogP) is 0.675. The topological polar surface area (TPSA) is 53.0 Å². The Morgan fingerprint density at radius 1 is 1.35 bits per heavy atom. The average Bonchev–Trinajstić information content (AvgIpc) is 2.32. The van der Waals surface area contributed by atoms with Crippen molar-refractivity contribution in [3.63, 3.8) is 0 Å². The van der Waals surface area contributed by atoms with Crippen molar-refractivity contribution in [2.75, 3.05) is 39.5 Å². The summed E-state index contributed by atoms with van der Waals surface area (Å²) in [6.45, 7) is 3.51. The minimum Gasteiger partial charge on any atom is -0.396 e. The molecular formula is C12H22N2O3. The first-order chi connectivity index (χ1) is 8.33. The van der Waals surface area contributed by atoms with E-state index in [1.165, 1.54) is 6.42 Å². The molecular weight excluding hydrogens is 220 g/mol. The second kappa shape index (κ2) is 6.21. The van der Waals surface area contributed by atoms with Gasteiger partial charge in [0, 0.05) is 32.3 Å². The number of carbonyl (C=O) groups is 1. The van der Waals surface area contributed by atoms with Crippen molar-refractivity contribution in [2.24, 2.45) is 0 Å². The van der Waals surface area contributed by atoms with Gasteiger partial charge in [-0.05, 0) is 25.7 Å². The molecule has 98 valence electrons. The molecule has 1 aliphatic carbocycles. The molecule has 0 aromatic rings. The Balaban J connectivity index is 1.90. The van der Waals surface area contributed by atoms with E-state index in [0.29, 0.717) is 45.3 Å². The van der Waals surface area contributed by atoms with Gasteiger partial charge in [0.25, 0.3) is 0 Å². The molecule has 1 saturated carbocycles. The van der Waals surface area contributed by atoms with E-state index in [4.69, 9.17) is 9.84 Å². The lowest BCUT2D eigenvalue weighted by Crippen LogP contribution is -2.53. The number of nitrogens with zero attached hydrogens (tertiary/aromatic N) is 2. The highest BCUT2D eigenvalue weighted by Gasteiger charge is 2.31. The third-order valence-corrected chi connectivity index (χ3v) is 3.60. The summed E-state index contributed by atoms with van der Waals surface area (Å²) in [6.07, 6.45) is 4.12. The zero-order chi connectivity index (χ0) is 12.1. The van der Waals surface area contributed by atoms with Crippen molar-refractivity contribution in [3.05, 3.63) is 0 Å². The van der Waals surface area contributed by atoms with Crippen LogP contribution in [0.1, 0.15) is 25.7 Å². The van der Waals surface area contributed by atoms with E-state index < -0.39 is 0 Å². The molecule has 2 fully saturated rings. The van der Waals surface area contributed by atoms with Crippen LogP contribution in [0.2, 0.25) is 0 Å². The molecule has 0 atom stereocenters. The molecule has 2 aliphatic rings. The van der Waals surface area contributed by atoms with Gasteiger partial charge in [-0.25, -0.2) is 4.79 Å². The molecule has 1 N–H and O–H groups in total. The highest BCUT2D eigenvalue weighted by molar-refractivity contribution is 5.75. The molecule has 0 unspecified atom stereocenters. The molecule has 0 bridgehead atoms. The van der Waals surface area contributed by atoms with Gasteiger partial charge in [0.2, 0.25) is 0 Å². The largest absolute Gasteiger partial charge is 0.396 e. The Hall–Kier alpha value is -0.810. The van der Waals surface area contributed by atoms with Gasteiger partial charge in [0.05, 0.1) is 13.2 Å². The van der Waals surface area contributed by atoms with Gasteiger partial charge >= 0.3 is 6.03 Å². The lowest BCUT2D eigenvalue weighted by molar-refractivity contribution is 0.0329. The van der Waals surface area contributed by atoms with Crippen LogP contribution in [-0.4, -0.2) is 66.4 Å². The number of hydrogen-bond donors (Lipinski definition) is 1. The number of urea groups is 1. The maximum absolute atomic E-state index is 12.4. The number of aliphatic hydroxyl groups is 1. The van der Waals surface area contributed by atoms with Crippen LogP contribution in [0.5, 0.6) is 0 Å². The molecule has 5 heteroatoms. The summed E-state index contributed by atoms with van der Waals surface area (Å²) in [4.78, 5) is 16.2. The average molecular weight is 242 g/mol. The summed E-state index contributed by atoms with van der Waals surface area (Å²) < 4.78 is 5.26. The molecule has 2 amide bonds. The van der Waals surface area contributed by atoms with E-state index in [-0.39, 0.29) is 12.6 Å². The van der Waals surface area contributed by atoms with Crippen molar-refractivity contribution in [3.8, 4) is 0 Å². The molecule has 1 aliphatic heterocycles. The second-order valence-electron chi connectivity index (χ2n) is 4.74. The molecule has 1 saturated heterocycles. The minimum atomic E-state index is 0.131. The smallest absolute Gasteiger partial charge is 0.320 e. The SMILES string of the molecule is O=C(N1CCOCC1)N(CCCO)C1CCC1. The van der Waals surface area contributed by atoms with Gasteiger partial charge in [-0.3, -0.25) is 0 Å². The van der Waals surface area contributed by atoms with Crippen molar-refractivity contribution < 1.29 is 14.6 Å². The van der Waals surface area contributed by atoms with Gasteiger partial charge in [-0.15, -0.1) is 0 Å². The first-order valence-electron chi connectivity index (χ1n) is 6.57. The van der Waals surface area contributed by atoms with Crippen molar-refractivity contribution in [1.29, 1.82) is 0 Å². The van der Waals surface area contributed by atoms with Crippen LogP contribution in [0.3, 0.4) is 0 Å². The summed E-state index contributed by atoms with van der Waals surface area (Å²) in [5, 5.41) is 8.91. The van der Waals surface area contributed by atoms with E-state index in [0.717, 1.165) is 12.8 Å². The molecule has 0 aromatic carbocycles. The molecule has 17 heavy (non-hydrogen) atoms. The first kappa shape index (κ1) is 12.6. The summed E-state index contributed by atoms with van der Waals surface area (Å²) in [7, 11) is 0. The van der Waals surface area contributed by atoms with Gasteiger partial charge in [-0.1, -0.05) is 0 Å². The maximum Gasteiger partial charge on any atom is 0.320 e. The van der Waals surface area contributed by atoms with Gasteiger partial charge in [0.15, 0.2) is 0 Å². The number of carbonyl (C=O) groups excluding carboxylic acids is 1. The minimum absolute atomic E-state index is 0.131. The van der Waals surface area contributed by atoms with E-state index in [2.05, 4.69) is 0 Å². The summed E-state index contributed by atoms with van der Waals surface area (Å²) in [6, 6.07) is 0.531. The highest BCUT2D eigenvalue weighted by atomic mass is 16.5. The van der Waals surface area contributed by atoms with Gasteiger partial charge in [0.1, 0.15) is 0 Å². The van der Waals surface area contributed by atoms with Gasteiger partial charge < -0.3 is 19.6 Å². The molecule has 0 radical (unpaired) electrons. The van der Waals surface area contributed by atoms with Crippen LogP contribution >= 0.6 is 0 Å². The molecule has 1 heterocycles. The van der Waals surface area contributed by atoms with Crippen LogP contribution in [-0.2, 0) is 4.74 Å². The molecule has 5 nitrogen and oxygen atoms in total. The fourth-order valence-corrected chi connectivity index (χ4v) is 2.31. The molecule has 2 rings (SSSR count). The van der Waals surface area contributed by atoms with Gasteiger partial charge in [-0.2, -0.15) is 0 Å². The molecule has 0 spiro atoms. The second-order valence-corrected chi connectivity index (χ2v) is 4.74. The number of morpholine rings is 1.